The van der Waals surface area contributed by atoms with E-state index < -0.39 is 0 Å². The molecule has 10 rings (SSSR count). The molecule has 339 valence electrons. The monoisotopic (exact) mass is 1070 g/mol. The molecule has 10 aromatic rings. The van der Waals surface area contributed by atoms with Crippen molar-refractivity contribution in [2.75, 3.05) is 0 Å². The van der Waals surface area contributed by atoms with E-state index in [9.17, 15) is 9.90 Å². The molecule has 0 bridgehead atoms. The Balaban J connectivity index is 0.00000593. The third-order valence-corrected chi connectivity index (χ3v) is 12.5. The number of allylic oxidation sites excluding steroid dienone is 2. The van der Waals surface area contributed by atoms with Crippen molar-refractivity contribution in [3.63, 3.8) is 0 Å². The molecule has 0 spiro atoms. The fourth-order valence-electron chi connectivity index (χ4n) is 9.17. The topological polar surface area (TPSA) is 63.1 Å². The minimum atomic E-state index is -0.124. The van der Waals surface area contributed by atoms with E-state index in [1.54, 1.807) is 0 Å². The second kappa shape index (κ2) is 20.3. The molecule has 8 aromatic carbocycles. The normalized spacial score (nSPS) is 11.7. The predicted molar refractivity (Wildman–Crippen MR) is 281 cm³/mol. The summed E-state index contributed by atoms with van der Waals surface area (Å²) >= 11 is 0. The van der Waals surface area contributed by atoms with E-state index >= 15 is 0 Å². The average molecular weight is 1070 g/mol. The van der Waals surface area contributed by atoms with Gasteiger partial charge in [0, 0.05) is 51.4 Å². The first-order valence-electron chi connectivity index (χ1n) is 23.2. The van der Waals surface area contributed by atoms with Crippen LogP contribution in [-0.2, 0) is 31.3 Å². The molecular weight excluding hydrogens is 1020 g/mol. The minimum absolute atomic E-state index is 0. The first-order valence-corrected chi connectivity index (χ1v) is 23.2. The maximum absolute atomic E-state index is 13.2. The van der Waals surface area contributed by atoms with E-state index in [4.69, 9.17) is 9.97 Å². The van der Waals surface area contributed by atoms with E-state index in [1.807, 2.05) is 36.7 Å². The molecule has 1 N–H and O–H groups in total. The first-order chi connectivity index (χ1) is 33.1. The van der Waals surface area contributed by atoms with Crippen LogP contribution >= 0.6 is 0 Å². The van der Waals surface area contributed by atoms with Crippen LogP contribution in [0.25, 0.3) is 99.7 Å². The zero-order chi connectivity index (χ0) is 46.6. The summed E-state index contributed by atoms with van der Waals surface area (Å²) in [6, 6.07) is 72.7. The number of carbonyl (C=O) groups excluding carboxylic acids is 1. The van der Waals surface area contributed by atoms with Crippen molar-refractivity contribution in [2.24, 2.45) is 5.41 Å². The predicted octanol–water partition coefficient (Wildman–Crippen LogP) is 16.4. The van der Waals surface area contributed by atoms with Crippen molar-refractivity contribution in [1.82, 2.24) is 9.97 Å². The molecule has 1 radical (unpaired) electrons. The minimum Gasteiger partial charge on any atom is -0.512 e. The third-order valence-electron chi connectivity index (χ3n) is 12.5. The summed E-state index contributed by atoms with van der Waals surface area (Å²) in [6.45, 7) is 6.15. The number of ketones is 1. The maximum Gasteiger partial charge on any atom is 0.159 e. The Bertz CT molecular complexity index is 3310. The van der Waals surface area contributed by atoms with Gasteiger partial charge in [0.25, 0.3) is 0 Å². The van der Waals surface area contributed by atoms with Crippen molar-refractivity contribution in [2.45, 2.75) is 40.0 Å². The van der Waals surface area contributed by atoms with E-state index in [2.05, 4.69) is 197 Å². The number of aliphatic hydroxyl groups excluding tert-OH is 1. The van der Waals surface area contributed by atoms with E-state index in [1.165, 1.54) is 6.08 Å². The van der Waals surface area contributed by atoms with E-state index in [-0.39, 0.29) is 43.5 Å². The molecule has 0 unspecified atom stereocenters. The van der Waals surface area contributed by atoms with Crippen LogP contribution in [0.5, 0.6) is 0 Å². The Morgan fingerprint density at radius 1 is 0.507 bits per heavy atom. The third kappa shape index (κ3) is 10.6. The van der Waals surface area contributed by atoms with Crippen LogP contribution < -0.4 is 0 Å². The zero-order valence-corrected chi connectivity index (χ0v) is 41.2. The summed E-state index contributed by atoms with van der Waals surface area (Å²) in [5.74, 6) is 0.0381. The Labute approximate surface area is 418 Å². The number of aromatic nitrogens is 2. The summed E-state index contributed by atoms with van der Waals surface area (Å²) in [5, 5.41) is 15.2. The molecule has 0 aliphatic rings. The van der Waals surface area contributed by atoms with Gasteiger partial charge in [-0.25, -0.2) is 0 Å². The van der Waals surface area contributed by atoms with Gasteiger partial charge in [0.15, 0.2) is 5.78 Å². The fourth-order valence-corrected chi connectivity index (χ4v) is 9.17. The molecule has 0 aliphatic heterocycles. The van der Waals surface area contributed by atoms with Gasteiger partial charge in [0.2, 0.25) is 0 Å². The van der Waals surface area contributed by atoms with Crippen LogP contribution in [0.1, 0.15) is 39.2 Å². The van der Waals surface area contributed by atoms with Gasteiger partial charge in [-0.1, -0.05) is 177 Å². The summed E-state index contributed by atoms with van der Waals surface area (Å²) in [4.78, 5) is 23.0. The number of aliphatic hydroxyl groups is 1. The number of carbonyl (C=O) groups is 1. The molecule has 5 heteroatoms. The summed E-state index contributed by atoms with van der Waals surface area (Å²) < 4.78 is 0. The van der Waals surface area contributed by atoms with Crippen molar-refractivity contribution in [3.05, 3.63) is 230 Å². The molecule has 0 amide bonds. The smallest absolute Gasteiger partial charge is 0.159 e. The summed E-state index contributed by atoms with van der Waals surface area (Å²) in [7, 11) is 0. The number of rotatable bonds is 12. The number of hydrogen-bond donors (Lipinski definition) is 1. The molecule has 0 saturated carbocycles. The van der Waals surface area contributed by atoms with Gasteiger partial charge in [0.05, 0.1) is 5.76 Å². The molecule has 4 nitrogen and oxygen atoms in total. The van der Waals surface area contributed by atoms with Crippen LogP contribution in [0.15, 0.2) is 212 Å². The van der Waals surface area contributed by atoms with Crippen LogP contribution in [0, 0.1) is 17.5 Å². The Morgan fingerprint density at radius 3 is 1.65 bits per heavy atom. The molecule has 0 fully saturated rings. The van der Waals surface area contributed by atoms with Crippen molar-refractivity contribution >= 4 is 27.3 Å². The molecule has 0 aliphatic carbocycles. The van der Waals surface area contributed by atoms with Gasteiger partial charge in [-0.05, 0) is 102 Å². The number of benzene rings is 8. The summed E-state index contributed by atoms with van der Waals surface area (Å²) in [5.41, 5.74) is 15.2. The Morgan fingerprint density at radius 2 is 1.03 bits per heavy atom. The largest absolute Gasteiger partial charge is 0.512 e. The second-order valence-electron chi connectivity index (χ2n) is 18.7. The van der Waals surface area contributed by atoms with Crippen LogP contribution in [0.2, 0.25) is 0 Å². The van der Waals surface area contributed by atoms with E-state index in [0.29, 0.717) is 12.8 Å². The van der Waals surface area contributed by atoms with Crippen LogP contribution in [0.4, 0.5) is 0 Å². The van der Waals surface area contributed by atoms with Gasteiger partial charge in [-0.15, -0.1) is 59.0 Å². The zero-order valence-electron chi connectivity index (χ0n) is 38.8. The molecule has 0 atom stereocenters. The van der Waals surface area contributed by atoms with Gasteiger partial charge in [-0.2, -0.15) is 0 Å². The number of fused-ring (bicyclic) bond motifs is 2. The van der Waals surface area contributed by atoms with Crippen molar-refractivity contribution < 1.29 is 30.0 Å². The van der Waals surface area contributed by atoms with Crippen molar-refractivity contribution in [1.29, 1.82) is 0 Å². The molecule has 2 heterocycles. The maximum atomic E-state index is 13.2. The van der Waals surface area contributed by atoms with Crippen molar-refractivity contribution in [3.8, 4) is 78.1 Å². The molecule has 2 aromatic heterocycles. The standard InChI is InChI=1S/C64H50N2O2.Ir/c1-64(2,3)40-56(68)39-55(67)32-30-44-15-8-9-19-57(44)52-35-53(60-22-12-10-20-58(60)45-25-27-46(28-26-45)63-38-48-17-6-7-18-50(48)41-66-63)37-54(36-52)61-23-13-11-21-59(61)51-31-33-62(65-42-51)49-29-24-43-14-4-5-16-47(43)34-49;/h4-27,31,33-39,41-42,68H,30,32,40H2,1-3H3;/q-2;/b56-39-;. The van der Waals surface area contributed by atoms with Gasteiger partial charge in [-0.3, -0.25) is 4.79 Å². The Hall–Kier alpha value is -7.56. The number of nitrogens with zero attached hydrogens (tertiary/aromatic N) is 2. The van der Waals surface area contributed by atoms with Gasteiger partial charge < -0.3 is 15.1 Å². The Kier molecular flexibility index (Phi) is 13.7. The number of pyridine rings is 2. The fraction of sp³-hybridized carbons (Fsp3) is 0.109. The summed E-state index contributed by atoms with van der Waals surface area (Å²) in [6.07, 6.45) is 6.55. The second-order valence-corrected chi connectivity index (χ2v) is 18.7. The molecular formula is C64H50IrN2O2-2. The number of hydrogen-bond acceptors (Lipinski definition) is 4. The number of aryl methyl sites for hydroxylation is 1. The van der Waals surface area contributed by atoms with Gasteiger partial charge in [0.1, 0.15) is 0 Å². The van der Waals surface area contributed by atoms with Crippen LogP contribution in [0.3, 0.4) is 0 Å². The average Bonchev–Trinajstić information content (AvgIpc) is 3.37. The SMILES string of the molecule is CC(C)(C)C/C(O)=C/C(=O)CCc1ccccc1-c1cc(-c2ccccc2-c2c[c-]c(-c3cc4ccccc4cn3)cc2)cc(-c2ccccc2-c2ccc(-c3[c-]cc4ccccc4c3)nc2)c1.[Ir]. The van der Waals surface area contributed by atoms with E-state index in [0.717, 1.165) is 105 Å². The quantitative estimate of drug-likeness (QED) is 0.0752. The van der Waals surface area contributed by atoms with Crippen LogP contribution in [-0.4, -0.2) is 20.9 Å². The van der Waals surface area contributed by atoms with Gasteiger partial charge >= 0.3 is 0 Å². The molecule has 0 saturated heterocycles. The first kappa shape index (κ1) is 46.5. The molecule has 69 heavy (non-hydrogen) atoms.